The fourth-order valence-electron chi connectivity index (χ4n) is 5.98. The average molecular weight is 567 g/mol. The Morgan fingerprint density at radius 2 is 1.66 bits per heavy atom. The van der Waals surface area contributed by atoms with E-state index in [4.69, 9.17) is 18.9 Å². The molecule has 3 aromatic carbocycles. The van der Waals surface area contributed by atoms with Crippen LogP contribution in [0.2, 0.25) is 0 Å². The van der Waals surface area contributed by atoms with E-state index >= 15 is 0 Å². The number of halogens is 2. The summed E-state index contributed by atoms with van der Waals surface area (Å²) < 4.78 is 47.9. The molecule has 41 heavy (non-hydrogen) atoms. The average Bonchev–Trinajstić information content (AvgIpc) is 3.39. The lowest BCUT2D eigenvalue weighted by Gasteiger charge is -2.38. The minimum atomic E-state index is -2.61. The fourth-order valence-corrected chi connectivity index (χ4v) is 5.98. The molecule has 5 rings (SSSR count). The number of amides is 1. The van der Waals surface area contributed by atoms with Crippen molar-refractivity contribution in [1.29, 1.82) is 0 Å². The number of methoxy groups -OCH3 is 3. The summed E-state index contributed by atoms with van der Waals surface area (Å²) in [5.74, 6) is 1.87. The van der Waals surface area contributed by atoms with Crippen LogP contribution in [0.3, 0.4) is 0 Å². The van der Waals surface area contributed by atoms with E-state index in [0.717, 1.165) is 29.5 Å². The van der Waals surface area contributed by atoms with Crippen molar-refractivity contribution in [2.75, 3.05) is 41.0 Å². The molecule has 1 aliphatic carbocycles. The van der Waals surface area contributed by atoms with Gasteiger partial charge < -0.3 is 24.3 Å². The van der Waals surface area contributed by atoms with Crippen molar-refractivity contribution in [2.24, 2.45) is 0 Å². The molecule has 0 saturated heterocycles. The molecule has 9 heteroatoms. The van der Waals surface area contributed by atoms with Crippen molar-refractivity contribution < 1.29 is 32.5 Å². The summed E-state index contributed by atoms with van der Waals surface area (Å²) in [6.07, 6.45) is 0.465. The Morgan fingerprint density at radius 1 is 0.902 bits per heavy atom. The number of alkyl halides is 2. The molecule has 1 N–H and O–H groups in total. The molecule has 1 amide bonds. The molecule has 2 aliphatic rings. The Labute approximate surface area is 239 Å². The van der Waals surface area contributed by atoms with Crippen LogP contribution < -0.4 is 24.3 Å². The highest BCUT2D eigenvalue weighted by Crippen LogP contribution is 2.41. The third kappa shape index (κ3) is 6.40. The molecule has 218 valence electrons. The molecular weight excluding hydrogens is 530 g/mol. The van der Waals surface area contributed by atoms with Crippen molar-refractivity contribution in [3.63, 3.8) is 0 Å². The molecule has 0 bridgehead atoms. The minimum Gasteiger partial charge on any atom is -0.493 e. The molecule has 0 saturated carbocycles. The quantitative estimate of drug-likeness (QED) is 0.340. The topological polar surface area (TPSA) is 69.3 Å². The van der Waals surface area contributed by atoms with Gasteiger partial charge in [0, 0.05) is 12.6 Å². The molecule has 1 heterocycles. The lowest BCUT2D eigenvalue weighted by atomic mass is 9.88. The van der Waals surface area contributed by atoms with Gasteiger partial charge in [-0.05, 0) is 77.8 Å². The monoisotopic (exact) mass is 566 g/mol. The lowest BCUT2D eigenvalue weighted by molar-refractivity contribution is -0.123. The number of fused-ring (bicyclic) bond motifs is 2. The Bertz CT molecular complexity index is 1380. The van der Waals surface area contributed by atoms with Gasteiger partial charge >= 0.3 is 0 Å². The number of rotatable bonds is 11. The van der Waals surface area contributed by atoms with Crippen LogP contribution in [0, 0.1) is 0 Å². The van der Waals surface area contributed by atoms with E-state index in [1.807, 2.05) is 36.4 Å². The molecule has 7 nitrogen and oxygen atoms in total. The van der Waals surface area contributed by atoms with Gasteiger partial charge in [-0.15, -0.1) is 0 Å². The third-order valence-corrected chi connectivity index (χ3v) is 7.95. The molecule has 3 aromatic rings. The number of hydrogen-bond donors (Lipinski definition) is 1. The minimum absolute atomic E-state index is 0.00122. The second kappa shape index (κ2) is 12.8. The summed E-state index contributed by atoms with van der Waals surface area (Å²) in [6, 6.07) is 17.4. The number of carbonyl (C=O) groups is 1. The fraction of sp³-hybridized carbons (Fsp3) is 0.406. The number of nitrogens with one attached hydrogen (secondary N) is 1. The highest BCUT2D eigenvalue weighted by Gasteiger charge is 2.32. The molecule has 0 radical (unpaired) electrons. The van der Waals surface area contributed by atoms with Crippen LogP contribution in [0.1, 0.15) is 46.3 Å². The lowest BCUT2D eigenvalue weighted by Crippen LogP contribution is -2.44. The molecule has 0 aromatic heterocycles. The van der Waals surface area contributed by atoms with E-state index in [2.05, 4.69) is 22.3 Å². The number of benzene rings is 3. The summed E-state index contributed by atoms with van der Waals surface area (Å²) in [5, 5.41) is 3.24. The van der Waals surface area contributed by atoms with Crippen LogP contribution in [-0.4, -0.2) is 58.3 Å². The standard InChI is InChI=1S/C32H36F2N2O5/c1-38-27-11-8-20(15-28(27)39-2)14-26-24-17-30(41-19-31(33)34)29(40-3)16-22(24)12-13-36(26)18-32(37)35-25-10-9-21-6-4-5-7-23(21)25/h4-8,11,15-17,25-26,31H,9-10,12-14,18-19H2,1-3H3,(H,35,37). The van der Waals surface area contributed by atoms with E-state index in [1.54, 1.807) is 20.3 Å². The maximum Gasteiger partial charge on any atom is 0.272 e. The summed E-state index contributed by atoms with van der Waals surface area (Å²) in [7, 11) is 4.68. The number of ether oxygens (including phenoxy) is 4. The first kappa shape index (κ1) is 28.7. The smallest absolute Gasteiger partial charge is 0.272 e. The van der Waals surface area contributed by atoms with E-state index in [9.17, 15) is 13.6 Å². The van der Waals surface area contributed by atoms with Gasteiger partial charge in [-0.1, -0.05) is 30.3 Å². The van der Waals surface area contributed by atoms with Crippen LogP contribution in [0.15, 0.2) is 54.6 Å². The molecule has 2 unspecified atom stereocenters. The molecule has 1 aliphatic heterocycles. The number of carbonyl (C=O) groups excluding carboxylic acids is 1. The largest absolute Gasteiger partial charge is 0.493 e. The highest BCUT2D eigenvalue weighted by atomic mass is 19.3. The molecule has 0 spiro atoms. The summed E-state index contributed by atoms with van der Waals surface area (Å²) in [6.45, 7) is 0.125. The summed E-state index contributed by atoms with van der Waals surface area (Å²) in [5.41, 5.74) is 5.41. The zero-order valence-electron chi connectivity index (χ0n) is 23.6. The molecule has 0 fully saturated rings. The second-order valence-electron chi connectivity index (χ2n) is 10.4. The SMILES string of the molecule is COc1ccc(CC2c3cc(OCC(F)F)c(OC)cc3CCN2CC(=O)NC2CCc3ccccc32)cc1OC. The van der Waals surface area contributed by atoms with Gasteiger partial charge in [-0.3, -0.25) is 9.69 Å². The Kier molecular flexibility index (Phi) is 8.93. The Hall–Kier alpha value is -3.85. The van der Waals surface area contributed by atoms with Crippen LogP contribution in [-0.2, 0) is 24.1 Å². The van der Waals surface area contributed by atoms with Crippen LogP contribution in [0.5, 0.6) is 23.0 Å². The van der Waals surface area contributed by atoms with Crippen LogP contribution >= 0.6 is 0 Å². The van der Waals surface area contributed by atoms with Gasteiger partial charge in [0.1, 0.15) is 6.61 Å². The second-order valence-corrected chi connectivity index (χ2v) is 10.4. The van der Waals surface area contributed by atoms with E-state index in [0.29, 0.717) is 36.6 Å². The number of aryl methyl sites for hydroxylation is 1. The van der Waals surface area contributed by atoms with Crippen LogP contribution in [0.4, 0.5) is 8.78 Å². The maximum atomic E-state index is 13.4. The Morgan fingerprint density at radius 3 is 2.41 bits per heavy atom. The van der Waals surface area contributed by atoms with Gasteiger partial charge in [0.25, 0.3) is 6.43 Å². The van der Waals surface area contributed by atoms with E-state index < -0.39 is 13.0 Å². The first-order valence-electron chi connectivity index (χ1n) is 13.8. The van der Waals surface area contributed by atoms with Gasteiger partial charge in [0.05, 0.1) is 33.9 Å². The Balaban J connectivity index is 1.44. The summed E-state index contributed by atoms with van der Waals surface area (Å²) >= 11 is 0. The van der Waals surface area contributed by atoms with Crippen molar-refractivity contribution >= 4 is 5.91 Å². The van der Waals surface area contributed by atoms with Crippen molar-refractivity contribution in [1.82, 2.24) is 10.2 Å². The third-order valence-electron chi connectivity index (χ3n) is 7.95. The number of nitrogens with zero attached hydrogens (tertiary/aromatic N) is 1. The predicted octanol–water partition coefficient (Wildman–Crippen LogP) is 5.30. The maximum absolute atomic E-state index is 13.4. The summed E-state index contributed by atoms with van der Waals surface area (Å²) in [4.78, 5) is 15.5. The van der Waals surface area contributed by atoms with Gasteiger partial charge in [0.2, 0.25) is 5.91 Å². The van der Waals surface area contributed by atoms with Crippen molar-refractivity contribution in [3.8, 4) is 23.0 Å². The molecule has 2 atom stereocenters. The highest BCUT2D eigenvalue weighted by molar-refractivity contribution is 5.79. The van der Waals surface area contributed by atoms with Gasteiger partial charge in [-0.25, -0.2) is 8.78 Å². The normalized spacial score (nSPS) is 18.0. The van der Waals surface area contributed by atoms with Crippen molar-refractivity contribution in [3.05, 3.63) is 82.4 Å². The zero-order chi connectivity index (χ0) is 28.9. The number of hydrogen-bond acceptors (Lipinski definition) is 6. The van der Waals surface area contributed by atoms with Gasteiger partial charge in [-0.2, -0.15) is 0 Å². The van der Waals surface area contributed by atoms with E-state index in [-0.39, 0.29) is 30.3 Å². The molecular formula is C32H36F2N2O5. The first-order valence-corrected chi connectivity index (χ1v) is 13.8. The van der Waals surface area contributed by atoms with Crippen LogP contribution in [0.25, 0.3) is 0 Å². The predicted molar refractivity (Wildman–Crippen MR) is 151 cm³/mol. The van der Waals surface area contributed by atoms with E-state index in [1.165, 1.54) is 18.2 Å². The van der Waals surface area contributed by atoms with Crippen molar-refractivity contribution in [2.45, 2.75) is 44.2 Å². The zero-order valence-corrected chi connectivity index (χ0v) is 23.6. The first-order chi connectivity index (χ1) is 19.9. The van der Waals surface area contributed by atoms with Gasteiger partial charge in [0.15, 0.2) is 23.0 Å².